The topological polar surface area (TPSA) is 76.6 Å². The highest BCUT2D eigenvalue weighted by atomic mass is 35.5. The quantitative estimate of drug-likeness (QED) is 0.777. The number of fused-ring (bicyclic) bond motifs is 1. The second-order valence-electron chi connectivity index (χ2n) is 4.36. The van der Waals surface area contributed by atoms with Gasteiger partial charge in [0.25, 0.3) is 0 Å². The summed E-state index contributed by atoms with van der Waals surface area (Å²) in [7, 11) is 0. The van der Waals surface area contributed by atoms with Crippen LogP contribution in [0.5, 0.6) is 0 Å². The van der Waals surface area contributed by atoms with Crippen LogP contribution >= 0.6 is 23.2 Å². The van der Waals surface area contributed by atoms with Gasteiger partial charge in [-0.25, -0.2) is 18.4 Å². The molecular formula is C13H6Cl2FN3O3. The van der Waals surface area contributed by atoms with Crippen LogP contribution in [0.3, 0.4) is 0 Å². The van der Waals surface area contributed by atoms with Crippen LogP contribution in [0.2, 0.25) is 10.0 Å². The molecule has 3 aromatic rings. The van der Waals surface area contributed by atoms with Crippen molar-refractivity contribution < 1.29 is 14.3 Å². The minimum Gasteiger partial charge on any atom is -0.478 e. The second-order valence-corrected chi connectivity index (χ2v) is 5.20. The molecule has 0 aliphatic rings. The van der Waals surface area contributed by atoms with Crippen molar-refractivity contribution in [3.05, 3.63) is 62.4 Å². The highest BCUT2D eigenvalue weighted by Crippen LogP contribution is 2.23. The number of nitrogens with zero attached hydrogens (tertiary/aromatic N) is 3. The van der Waals surface area contributed by atoms with Crippen molar-refractivity contribution in [1.82, 2.24) is 14.2 Å². The molecule has 0 spiro atoms. The van der Waals surface area contributed by atoms with Crippen molar-refractivity contribution in [3.63, 3.8) is 0 Å². The second kappa shape index (κ2) is 5.11. The molecule has 1 aromatic carbocycles. The Morgan fingerprint density at radius 1 is 1.27 bits per heavy atom. The predicted molar refractivity (Wildman–Crippen MR) is 77.7 cm³/mol. The molecule has 1 N–H and O–H groups in total. The molecule has 9 heteroatoms. The van der Waals surface area contributed by atoms with Crippen molar-refractivity contribution in [2.24, 2.45) is 0 Å². The third-order valence-electron chi connectivity index (χ3n) is 2.98. The van der Waals surface area contributed by atoms with E-state index in [1.54, 1.807) is 0 Å². The average Bonchev–Trinajstić information content (AvgIpc) is 2.76. The number of carboxylic acid groups (broad SMARTS) is 1. The zero-order valence-electron chi connectivity index (χ0n) is 10.6. The molecule has 0 fully saturated rings. The molecule has 0 unspecified atom stereocenters. The van der Waals surface area contributed by atoms with Crippen LogP contribution in [0.25, 0.3) is 11.3 Å². The number of benzene rings is 1. The van der Waals surface area contributed by atoms with Crippen LogP contribution < -0.4 is 5.69 Å². The van der Waals surface area contributed by atoms with Crippen molar-refractivity contribution in [3.8, 4) is 5.69 Å². The standard InChI is InChI=1S/C13H6Cl2FN3O3/c14-6-1-2-11-17-19(13(22)18(11)5-6)10-3-7(12(20)21)8(15)4-9(10)16/h1-5H,(H,20,21). The maximum absolute atomic E-state index is 14.1. The Bertz CT molecular complexity index is 981. The third kappa shape index (κ3) is 2.24. The summed E-state index contributed by atoms with van der Waals surface area (Å²) in [6, 6.07) is 4.78. The van der Waals surface area contributed by atoms with Crippen molar-refractivity contribution >= 4 is 34.8 Å². The number of hydrogen-bond donors (Lipinski definition) is 1. The van der Waals surface area contributed by atoms with Crippen LogP contribution in [-0.4, -0.2) is 25.3 Å². The molecule has 0 radical (unpaired) electrons. The molecule has 0 aliphatic heterocycles. The number of carbonyl (C=O) groups is 1. The Hall–Kier alpha value is -2.38. The van der Waals surface area contributed by atoms with Crippen LogP contribution in [-0.2, 0) is 0 Å². The summed E-state index contributed by atoms with van der Waals surface area (Å²) in [6.07, 6.45) is 1.33. The molecule has 0 saturated carbocycles. The van der Waals surface area contributed by atoms with Crippen molar-refractivity contribution in [2.45, 2.75) is 0 Å². The molecular weight excluding hydrogens is 336 g/mol. The van der Waals surface area contributed by atoms with Gasteiger partial charge in [0, 0.05) is 6.20 Å². The Kier molecular flexibility index (Phi) is 3.38. The zero-order valence-corrected chi connectivity index (χ0v) is 12.1. The minimum atomic E-state index is -1.34. The van der Waals surface area contributed by atoms with Crippen LogP contribution in [0.15, 0.2) is 35.3 Å². The first-order chi connectivity index (χ1) is 10.4. The van der Waals surface area contributed by atoms with E-state index >= 15 is 0 Å². The molecule has 0 saturated heterocycles. The summed E-state index contributed by atoms with van der Waals surface area (Å²) < 4.78 is 15.9. The fraction of sp³-hybridized carbons (Fsp3) is 0. The van der Waals surface area contributed by atoms with Gasteiger partial charge in [0.05, 0.1) is 15.6 Å². The molecule has 0 aliphatic carbocycles. The molecule has 22 heavy (non-hydrogen) atoms. The normalized spacial score (nSPS) is 11.0. The molecule has 6 nitrogen and oxygen atoms in total. The van der Waals surface area contributed by atoms with E-state index in [1.165, 1.54) is 18.3 Å². The van der Waals surface area contributed by atoms with E-state index in [-0.39, 0.29) is 21.9 Å². The van der Waals surface area contributed by atoms with E-state index in [2.05, 4.69) is 5.10 Å². The number of carboxylic acids is 1. The summed E-state index contributed by atoms with van der Waals surface area (Å²) in [5.74, 6) is -2.21. The maximum Gasteiger partial charge on any atom is 0.355 e. The summed E-state index contributed by atoms with van der Waals surface area (Å²) in [6.45, 7) is 0. The fourth-order valence-corrected chi connectivity index (χ4v) is 2.36. The molecule has 0 bridgehead atoms. The SMILES string of the molecule is O=C(O)c1cc(-n2nc3ccc(Cl)cn3c2=O)c(F)cc1Cl. The minimum absolute atomic E-state index is 0.237. The highest BCUT2D eigenvalue weighted by molar-refractivity contribution is 6.33. The van der Waals surface area contributed by atoms with E-state index in [0.717, 1.165) is 21.2 Å². The van der Waals surface area contributed by atoms with Gasteiger partial charge in [-0.1, -0.05) is 23.2 Å². The number of pyridine rings is 1. The molecule has 0 amide bonds. The van der Waals surface area contributed by atoms with Gasteiger partial charge >= 0.3 is 11.7 Å². The van der Waals surface area contributed by atoms with Gasteiger partial charge in [-0.05, 0) is 24.3 Å². The lowest BCUT2D eigenvalue weighted by Gasteiger charge is -2.05. The lowest BCUT2D eigenvalue weighted by Crippen LogP contribution is -2.21. The molecule has 0 atom stereocenters. The number of halogens is 3. The van der Waals surface area contributed by atoms with Gasteiger partial charge in [-0.3, -0.25) is 0 Å². The lowest BCUT2D eigenvalue weighted by atomic mass is 10.2. The molecule has 112 valence electrons. The van der Waals surface area contributed by atoms with E-state index < -0.39 is 17.5 Å². The predicted octanol–water partition coefficient (Wildman–Crippen LogP) is 2.63. The molecule has 2 aromatic heterocycles. The Labute approximate surface area is 131 Å². The Morgan fingerprint density at radius 2 is 2.00 bits per heavy atom. The van der Waals surface area contributed by atoms with Gasteiger partial charge in [-0.15, -0.1) is 5.10 Å². The van der Waals surface area contributed by atoms with Gasteiger partial charge in [0.15, 0.2) is 11.5 Å². The van der Waals surface area contributed by atoms with E-state index in [4.69, 9.17) is 28.3 Å². The van der Waals surface area contributed by atoms with Gasteiger partial charge in [0.1, 0.15) is 5.69 Å². The zero-order chi connectivity index (χ0) is 16.0. The molecule has 2 heterocycles. The number of aromatic carboxylic acids is 1. The van der Waals surface area contributed by atoms with Crippen LogP contribution in [0, 0.1) is 5.82 Å². The van der Waals surface area contributed by atoms with Gasteiger partial charge < -0.3 is 5.11 Å². The van der Waals surface area contributed by atoms with Gasteiger partial charge in [-0.2, -0.15) is 4.68 Å². The smallest absolute Gasteiger partial charge is 0.355 e. The van der Waals surface area contributed by atoms with Crippen LogP contribution in [0.1, 0.15) is 10.4 Å². The average molecular weight is 342 g/mol. The Balaban J connectivity index is 2.32. The number of hydrogen-bond acceptors (Lipinski definition) is 3. The highest BCUT2D eigenvalue weighted by Gasteiger charge is 2.18. The summed E-state index contributed by atoms with van der Waals surface area (Å²) in [5, 5.41) is 13.0. The summed E-state index contributed by atoms with van der Waals surface area (Å²) >= 11 is 11.5. The monoisotopic (exact) mass is 341 g/mol. The first-order valence-corrected chi connectivity index (χ1v) is 6.64. The largest absolute Gasteiger partial charge is 0.478 e. The lowest BCUT2D eigenvalue weighted by molar-refractivity contribution is 0.0697. The van der Waals surface area contributed by atoms with Crippen molar-refractivity contribution in [1.29, 1.82) is 0 Å². The fourth-order valence-electron chi connectivity index (χ4n) is 1.97. The van der Waals surface area contributed by atoms with Crippen LogP contribution in [0.4, 0.5) is 4.39 Å². The van der Waals surface area contributed by atoms with E-state index in [1.807, 2.05) is 0 Å². The molecule has 3 rings (SSSR count). The summed E-state index contributed by atoms with van der Waals surface area (Å²) in [4.78, 5) is 23.3. The third-order valence-corrected chi connectivity index (χ3v) is 3.51. The van der Waals surface area contributed by atoms with Gasteiger partial charge in [0.2, 0.25) is 0 Å². The van der Waals surface area contributed by atoms with Crippen molar-refractivity contribution in [2.75, 3.05) is 0 Å². The first kappa shape index (κ1) is 14.6. The number of rotatable bonds is 2. The maximum atomic E-state index is 14.1. The first-order valence-electron chi connectivity index (χ1n) is 5.88. The number of aromatic nitrogens is 3. The van der Waals surface area contributed by atoms with E-state index in [9.17, 15) is 14.0 Å². The van der Waals surface area contributed by atoms with E-state index in [0.29, 0.717) is 5.02 Å². The Morgan fingerprint density at radius 3 is 2.68 bits per heavy atom. The summed E-state index contributed by atoms with van der Waals surface area (Å²) in [5.41, 5.74) is -1.10.